The normalized spacial score (nSPS) is 20.4. The van der Waals surface area contributed by atoms with E-state index in [4.69, 9.17) is 0 Å². The van der Waals surface area contributed by atoms with Gasteiger partial charge in [0, 0.05) is 62.1 Å². The Morgan fingerprint density at radius 1 is 0.972 bits per heavy atom. The number of allylic oxidation sites excluding steroid dienone is 2. The fraction of sp³-hybridized carbons (Fsp3) is 0.267. The molecule has 6 heteroatoms. The molecule has 0 bridgehead atoms. The van der Waals surface area contributed by atoms with Crippen molar-refractivity contribution in [1.82, 2.24) is 9.88 Å². The molecule has 1 unspecified atom stereocenters. The van der Waals surface area contributed by atoms with Gasteiger partial charge in [-0.2, -0.15) is 0 Å². The van der Waals surface area contributed by atoms with Crippen molar-refractivity contribution in [3.8, 4) is 0 Å². The van der Waals surface area contributed by atoms with Gasteiger partial charge in [0.2, 0.25) is 0 Å². The summed E-state index contributed by atoms with van der Waals surface area (Å²) in [7, 11) is 1.78. The Morgan fingerprint density at radius 2 is 1.67 bits per heavy atom. The van der Waals surface area contributed by atoms with E-state index in [0.717, 1.165) is 61.4 Å². The highest BCUT2D eigenvalue weighted by Crippen LogP contribution is 2.47. The molecule has 2 aliphatic rings. The van der Waals surface area contributed by atoms with Crippen molar-refractivity contribution in [2.75, 3.05) is 25.5 Å². The molecular weight excluding hydrogens is 454 g/mol. The summed E-state index contributed by atoms with van der Waals surface area (Å²) < 4.78 is 27.1. The number of fused-ring (bicyclic) bond motifs is 1. The largest absolute Gasteiger partial charge is 0.355 e. The number of aromatic nitrogens is 1. The van der Waals surface area contributed by atoms with E-state index in [1.54, 1.807) is 31.3 Å². The summed E-state index contributed by atoms with van der Waals surface area (Å²) in [5.74, 6) is -0.477. The Morgan fingerprint density at radius 3 is 2.36 bits per heavy atom. The van der Waals surface area contributed by atoms with Gasteiger partial charge in [0.1, 0.15) is 11.6 Å². The van der Waals surface area contributed by atoms with Gasteiger partial charge in [0.05, 0.1) is 0 Å². The first-order chi connectivity index (χ1) is 17.5. The Hall–Kier alpha value is -3.64. The smallest absolute Gasteiger partial charge is 0.123 e. The van der Waals surface area contributed by atoms with Crippen LogP contribution in [-0.2, 0) is 13.0 Å². The highest BCUT2D eigenvalue weighted by molar-refractivity contribution is 5.83. The molecule has 1 fully saturated rings. The molecule has 184 valence electrons. The molecule has 1 atom stereocenters. The van der Waals surface area contributed by atoms with E-state index in [9.17, 15) is 8.78 Å². The summed E-state index contributed by atoms with van der Waals surface area (Å²) in [6.45, 7) is 2.71. The maximum Gasteiger partial charge on any atom is 0.123 e. The van der Waals surface area contributed by atoms with E-state index in [1.165, 1.54) is 23.3 Å². The third-order valence-electron chi connectivity index (χ3n) is 7.12. The Labute approximate surface area is 211 Å². The van der Waals surface area contributed by atoms with Crippen LogP contribution in [0.1, 0.15) is 24.0 Å². The van der Waals surface area contributed by atoms with Crippen LogP contribution in [0.25, 0.3) is 0 Å². The molecule has 1 saturated heterocycles. The standard InChI is InChI=1S/C30H30F2N4/c1-33-19-24-18-30(17-22-2-4-26(31)5-3-22)21-36(20-23-10-13-34-14-11-23)15-12-25(30)16-29(24)35-28-8-6-27(32)7-9-28/h2-11,13-14,16,19,35H,12,15,17-18,20-21H2,1H3/b33-19-. The number of likely N-dealkylation sites (tertiary alicyclic amines) is 1. The lowest BCUT2D eigenvalue weighted by Crippen LogP contribution is -2.47. The molecule has 0 amide bonds. The predicted molar refractivity (Wildman–Crippen MR) is 141 cm³/mol. The summed E-state index contributed by atoms with van der Waals surface area (Å²) in [4.78, 5) is 11.0. The maximum atomic E-state index is 13.7. The van der Waals surface area contributed by atoms with E-state index >= 15 is 0 Å². The van der Waals surface area contributed by atoms with Crippen LogP contribution in [0.15, 0.2) is 101 Å². The molecule has 4 nitrogen and oxygen atoms in total. The van der Waals surface area contributed by atoms with Crippen molar-refractivity contribution in [3.05, 3.63) is 119 Å². The molecule has 1 aliphatic carbocycles. The van der Waals surface area contributed by atoms with Gasteiger partial charge >= 0.3 is 0 Å². The van der Waals surface area contributed by atoms with Crippen molar-refractivity contribution in [1.29, 1.82) is 0 Å². The van der Waals surface area contributed by atoms with Crippen molar-refractivity contribution in [2.45, 2.75) is 25.8 Å². The monoisotopic (exact) mass is 484 g/mol. The molecule has 0 radical (unpaired) electrons. The topological polar surface area (TPSA) is 40.5 Å². The minimum absolute atomic E-state index is 0.131. The molecular formula is C30H30F2N4. The van der Waals surface area contributed by atoms with Crippen molar-refractivity contribution in [3.63, 3.8) is 0 Å². The van der Waals surface area contributed by atoms with Gasteiger partial charge in [0.25, 0.3) is 0 Å². The number of hydrogen-bond acceptors (Lipinski definition) is 4. The number of nitrogens with zero attached hydrogens (tertiary/aromatic N) is 3. The Balaban J connectivity index is 1.49. The summed E-state index contributed by atoms with van der Waals surface area (Å²) in [5.41, 5.74) is 6.57. The lowest BCUT2D eigenvalue weighted by molar-refractivity contribution is 0.131. The van der Waals surface area contributed by atoms with Crippen molar-refractivity contribution in [2.24, 2.45) is 10.4 Å². The van der Waals surface area contributed by atoms with Crippen LogP contribution < -0.4 is 5.32 Å². The third kappa shape index (κ3) is 5.44. The first-order valence-electron chi connectivity index (χ1n) is 12.3. The fourth-order valence-electron chi connectivity index (χ4n) is 5.46. The molecule has 0 spiro atoms. The van der Waals surface area contributed by atoms with Crippen LogP contribution in [0, 0.1) is 17.0 Å². The second-order valence-corrected chi connectivity index (χ2v) is 9.70. The van der Waals surface area contributed by atoms with Gasteiger partial charge < -0.3 is 5.32 Å². The highest BCUT2D eigenvalue weighted by Gasteiger charge is 2.42. The molecule has 1 aromatic heterocycles. The van der Waals surface area contributed by atoms with Crippen LogP contribution in [0.4, 0.5) is 14.5 Å². The summed E-state index contributed by atoms with van der Waals surface area (Å²) >= 11 is 0. The third-order valence-corrected chi connectivity index (χ3v) is 7.12. The number of pyridine rings is 1. The summed E-state index contributed by atoms with van der Waals surface area (Å²) in [6.07, 6.45) is 10.4. The lowest BCUT2D eigenvalue weighted by atomic mass is 9.65. The second-order valence-electron chi connectivity index (χ2n) is 9.70. The first-order valence-corrected chi connectivity index (χ1v) is 12.3. The molecule has 2 aromatic carbocycles. The lowest BCUT2D eigenvalue weighted by Gasteiger charge is -2.48. The molecule has 1 N–H and O–H groups in total. The van der Waals surface area contributed by atoms with Gasteiger partial charge in [-0.25, -0.2) is 8.78 Å². The van der Waals surface area contributed by atoms with E-state index in [2.05, 4.69) is 38.4 Å². The second kappa shape index (κ2) is 10.5. The molecule has 1 aliphatic heterocycles. The zero-order valence-electron chi connectivity index (χ0n) is 20.4. The van der Waals surface area contributed by atoms with Gasteiger partial charge in [0.15, 0.2) is 0 Å². The number of aliphatic imine (C=N–C) groups is 1. The van der Waals surface area contributed by atoms with Crippen molar-refractivity contribution >= 4 is 11.9 Å². The van der Waals surface area contributed by atoms with Gasteiger partial charge in [-0.1, -0.05) is 17.7 Å². The average molecular weight is 485 g/mol. The zero-order chi connectivity index (χ0) is 25.0. The predicted octanol–water partition coefficient (Wildman–Crippen LogP) is 6.19. The van der Waals surface area contributed by atoms with E-state index in [0.29, 0.717) is 0 Å². The fourth-order valence-corrected chi connectivity index (χ4v) is 5.46. The van der Waals surface area contributed by atoms with Gasteiger partial charge in [-0.05, 0) is 90.6 Å². The van der Waals surface area contributed by atoms with E-state index < -0.39 is 0 Å². The number of piperidine rings is 1. The number of hydrogen-bond donors (Lipinski definition) is 1. The van der Waals surface area contributed by atoms with Gasteiger partial charge in [-0.3, -0.25) is 14.9 Å². The van der Waals surface area contributed by atoms with Crippen LogP contribution in [0.5, 0.6) is 0 Å². The molecule has 36 heavy (non-hydrogen) atoms. The number of anilines is 1. The van der Waals surface area contributed by atoms with Crippen LogP contribution in [-0.4, -0.2) is 36.2 Å². The minimum atomic E-state index is -0.258. The zero-order valence-corrected chi connectivity index (χ0v) is 20.4. The van der Waals surface area contributed by atoms with Crippen LogP contribution in [0.2, 0.25) is 0 Å². The summed E-state index contributed by atoms with van der Waals surface area (Å²) in [5, 5.41) is 3.49. The van der Waals surface area contributed by atoms with Crippen molar-refractivity contribution < 1.29 is 8.78 Å². The Bertz CT molecular complexity index is 1280. The quantitative estimate of drug-likeness (QED) is 0.407. The van der Waals surface area contributed by atoms with Gasteiger partial charge in [-0.15, -0.1) is 0 Å². The number of rotatable bonds is 7. The molecule has 3 aromatic rings. The SMILES string of the molecule is C/N=C\C1=C(Nc2ccc(F)cc2)C=C2CCN(Cc3ccncc3)CC2(Cc2ccc(F)cc2)C1. The van der Waals surface area contributed by atoms with E-state index in [1.807, 2.05) is 30.7 Å². The number of halogens is 2. The maximum absolute atomic E-state index is 13.7. The van der Waals surface area contributed by atoms with Crippen LogP contribution >= 0.6 is 0 Å². The molecule has 0 saturated carbocycles. The number of benzene rings is 2. The molecule has 2 heterocycles. The summed E-state index contributed by atoms with van der Waals surface area (Å²) in [6, 6.07) is 17.4. The molecule has 5 rings (SSSR count). The first kappa shape index (κ1) is 24.1. The highest BCUT2D eigenvalue weighted by atomic mass is 19.1. The number of nitrogens with one attached hydrogen (secondary N) is 1. The Kier molecular flexibility index (Phi) is 7.05. The average Bonchev–Trinajstić information content (AvgIpc) is 2.88. The van der Waals surface area contributed by atoms with Crippen LogP contribution in [0.3, 0.4) is 0 Å². The minimum Gasteiger partial charge on any atom is -0.355 e. The van der Waals surface area contributed by atoms with E-state index in [-0.39, 0.29) is 17.0 Å².